The third-order valence-corrected chi connectivity index (χ3v) is 2.89. The predicted octanol–water partition coefficient (Wildman–Crippen LogP) is 4.96. The highest BCUT2D eigenvalue weighted by molar-refractivity contribution is 5.97. The minimum absolute atomic E-state index is 0.222. The molecule has 1 N–H and O–H groups in total. The lowest BCUT2D eigenvalue weighted by Gasteiger charge is -2.03. The number of fused-ring (bicyclic) bond motifs is 1. The van der Waals surface area contributed by atoms with Crippen LogP contribution in [0.5, 0.6) is 5.75 Å². The molecule has 0 spiro atoms. The van der Waals surface area contributed by atoms with E-state index in [4.69, 9.17) is 0 Å². The Morgan fingerprint density at radius 3 is 2.21 bits per heavy atom. The van der Waals surface area contributed by atoms with Crippen molar-refractivity contribution in [1.82, 2.24) is 0 Å². The molecule has 0 heterocycles. The maximum atomic E-state index is 9.95. The van der Waals surface area contributed by atoms with E-state index >= 15 is 0 Å². The normalized spacial score (nSPS) is 11.2. The lowest BCUT2D eigenvalue weighted by atomic mass is 10.1. The second-order valence-electron chi connectivity index (χ2n) is 4.19. The zero-order chi connectivity index (χ0) is 13.1. The van der Waals surface area contributed by atoms with Gasteiger partial charge in [-0.25, -0.2) is 0 Å². The summed E-state index contributed by atoms with van der Waals surface area (Å²) in [6.45, 7) is 0. The van der Waals surface area contributed by atoms with Crippen LogP contribution in [-0.4, -0.2) is 5.11 Å². The van der Waals surface area contributed by atoms with Gasteiger partial charge < -0.3 is 5.11 Å². The Balaban J connectivity index is 2.09. The monoisotopic (exact) mass is 248 g/mol. The van der Waals surface area contributed by atoms with Gasteiger partial charge in [0, 0.05) is 0 Å². The minimum Gasteiger partial charge on any atom is -0.507 e. The summed E-state index contributed by atoms with van der Waals surface area (Å²) in [7, 11) is 0. The SMILES string of the molecule is Oc1cccc2cccc(N=Nc3ccccc3)c12. The van der Waals surface area contributed by atoms with Crippen molar-refractivity contribution >= 4 is 22.1 Å². The van der Waals surface area contributed by atoms with Crippen molar-refractivity contribution in [3.63, 3.8) is 0 Å². The van der Waals surface area contributed by atoms with Crippen LogP contribution in [0.4, 0.5) is 11.4 Å². The second kappa shape index (κ2) is 4.90. The van der Waals surface area contributed by atoms with E-state index in [9.17, 15) is 5.11 Å². The lowest BCUT2D eigenvalue weighted by Crippen LogP contribution is -1.74. The summed E-state index contributed by atoms with van der Waals surface area (Å²) in [5.74, 6) is 0.222. The molecule has 0 saturated carbocycles. The van der Waals surface area contributed by atoms with Crippen LogP contribution in [0.15, 0.2) is 77.0 Å². The Bertz CT molecular complexity index is 731. The summed E-state index contributed by atoms with van der Waals surface area (Å²) >= 11 is 0. The molecule has 0 aliphatic heterocycles. The van der Waals surface area contributed by atoms with E-state index in [2.05, 4.69) is 10.2 Å². The van der Waals surface area contributed by atoms with Gasteiger partial charge in [-0.1, -0.05) is 42.5 Å². The number of hydrogen-bond donors (Lipinski definition) is 1. The molecule has 0 amide bonds. The third kappa shape index (κ3) is 2.31. The summed E-state index contributed by atoms with van der Waals surface area (Å²) in [5.41, 5.74) is 1.45. The molecule has 3 rings (SSSR count). The van der Waals surface area contributed by atoms with Crippen LogP contribution in [0.3, 0.4) is 0 Å². The predicted molar refractivity (Wildman–Crippen MR) is 76.2 cm³/mol. The first-order valence-corrected chi connectivity index (χ1v) is 6.02. The van der Waals surface area contributed by atoms with E-state index in [0.717, 1.165) is 16.5 Å². The fourth-order valence-electron chi connectivity index (χ4n) is 1.99. The highest BCUT2D eigenvalue weighted by Crippen LogP contribution is 2.34. The molecular weight excluding hydrogens is 236 g/mol. The van der Waals surface area contributed by atoms with E-state index in [0.29, 0.717) is 5.69 Å². The largest absolute Gasteiger partial charge is 0.507 e. The molecule has 3 aromatic rings. The summed E-state index contributed by atoms with van der Waals surface area (Å²) < 4.78 is 0. The van der Waals surface area contributed by atoms with Gasteiger partial charge in [0.2, 0.25) is 0 Å². The first-order valence-electron chi connectivity index (χ1n) is 6.02. The van der Waals surface area contributed by atoms with Gasteiger partial charge in [0.15, 0.2) is 0 Å². The molecule has 0 unspecified atom stereocenters. The van der Waals surface area contributed by atoms with Gasteiger partial charge in [-0.05, 0) is 29.7 Å². The van der Waals surface area contributed by atoms with Gasteiger partial charge in [-0.3, -0.25) is 0 Å². The molecule has 0 bridgehead atoms. The fraction of sp³-hybridized carbons (Fsp3) is 0. The number of rotatable bonds is 2. The average molecular weight is 248 g/mol. The smallest absolute Gasteiger partial charge is 0.125 e. The number of azo groups is 1. The minimum atomic E-state index is 0.222. The Labute approximate surface area is 110 Å². The van der Waals surface area contributed by atoms with E-state index in [1.807, 2.05) is 60.7 Å². The van der Waals surface area contributed by atoms with Gasteiger partial charge in [-0.2, -0.15) is 5.11 Å². The van der Waals surface area contributed by atoms with Crippen molar-refractivity contribution in [3.8, 4) is 5.75 Å². The molecule has 0 aliphatic carbocycles. The van der Waals surface area contributed by atoms with Crippen LogP contribution in [0.1, 0.15) is 0 Å². The van der Waals surface area contributed by atoms with Gasteiger partial charge in [-0.15, -0.1) is 5.11 Å². The summed E-state index contributed by atoms with van der Waals surface area (Å²) in [6.07, 6.45) is 0. The number of phenols is 1. The van der Waals surface area contributed by atoms with Crippen LogP contribution in [-0.2, 0) is 0 Å². The zero-order valence-electron chi connectivity index (χ0n) is 10.2. The van der Waals surface area contributed by atoms with E-state index < -0.39 is 0 Å². The molecule has 3 aromatic carbocycles. The van der Waals surface area contributed by atoms with Crippen molar-refractivity contribution in [2.24, 2.45) is 10.2 Å². The number of benzene rings is 3. The summed E-state index contributed by atoms with van der Waals surface area (Å²) in [5, 5.41) is 20.0. The number of nitrogens with zero attached hydrogens (tertiary/aromatic N) is 2. The van der Waals surface area contributed by atoms with Crippen molar-refractivity contribution in [2.75, 3.05) is 0 Å². The summed E-state index contributed by atoms with van der Waals surface area (Å²) in [4.78, 5) is 0. The maximum absolute atomic E-state index is 9.95. The standard InChI is InChI=1S/C16H12N2O/c19-15-11-5-7-12-6-4-10-14(16(12)15)18-17-13-8-2-1-3-9-13/h1-11,19H. The van der Waals surface area contributed by atoms with Gasteiger partial charge >= 0.3 is 0 Å². The van der Waals surface area contributed by atoms with Crippen LogP contribution < -0.4 is 0 Å². The molecule has 3 heteroatoms. The Morgan fingerprint density at radius 2 is 1.42 bits per heavy atom. The van der Waals surface area contributed by atoms with E-state index in [1.54, 1.807) is 6.07 Å². The topological polar surface area (TPSA) is 45.0 Å². The molecule has 0 atom stereocenters. The van der Waals surface area contributed by atoms with Crippen LogP contribution in [0.25, 0.3) is 10.8 Å². The molecule has 19 heavy (non-hydrogen) atoms. The molecule has 3 nitrogen and oxygen atoms in total. The third-order valence-electron chi connectivity index (χ3n) is 2.89. The quantitative estimate of drug-likeness (QED) is 0.640. The summed E-state index contributed by atoms with van der Waals surface area (Å²) in [6, 6.07) is 20.6. The van der Waals surface area contributed by atoms with Gasteiger partial charge in [0.05, 0.1) is 16.8 Å². The first kappa shape index (κ1) is 11.4. The number of hydrogen-bond acceptors (Lipinski definition) is 3. The molecule has 0 fully saturated rings. The Morgan fingerprint density at radius 1 is 0.684 bits per heavy atom. The second-order valence-corrected chi connectivity index (χ2v) is 4.19. The average Bonchev–Trinajstić information content (AvgIpc) is 2.46. The van der Waals surface area contributed by atoms with Crippen LogP contribution in [0, 0.1) is 0 Å². The van der Waals surface area contributed by atoms with Crippen LogP contribution in [0.2, 0.25) is 0 Å². The van der Waals surface area contributed by atoms with Gasteiger partial charge in [0.1, 0.15) is 5.75 Å². The highest BCUT2D eigenvalue weighted by atomic mass is 16.3. The Hall–Kier alpha value is -2.68. The number of phenolic OH excluding ortho intramolecular Hbond substituents is 1. The molecule has 0 aliphatic rings. The highest BCUT2D eigenvalue weighted by Gasteiger charge is 2.04. The molecule has 0 saturated heterocycles. The molecular formula is C16H12N2O. The van der Waals surface area contributed by atoms with Crippen molar-refractivity contribution in [1.29, 1.82) is 0 Å². The maximum Gasteiger partial charge on any atom is 0.125 e. The van der Waals surface area contributed by atoms with Gasteiger partial charge in [0.25, 0.3) is 0 Å². The van der Waals surface area contributed by atoms with E-state index in [-0.39, 0.29) is 5.75 Å². The zero-order valence-corrected chi connectivity index (χ0v) is 10.2. The Kier molecular flexibility index (Phi) is 2.94. The first-order chi connectivity index (χ1) is 9.34. The molecule has 0 aromatic heterocycles. The number of aromatic hydroxyl groups is 1. The van der Waals surface area contributed by atoms with E-state index in [1.165, 1.54) is 0 Å². The van der Waals surface area contributed by atoms with Crippen molar-refractivity contribution in [3.05, 3.63) is 66.7 Å². The molecule has 92 valence electrons. The lowest BCUT2D eigenvalue weighted by molar-refractivity contribution is 0.482. The van der Waals surface area contributed by atoms with Crippen LogP contribution >= 0.6 is 0 Å². The fourth-order valence-corrected chi connectivity index (χ4v) is 1.99. The molecule has 0 radical (unpaired) electrons. The van der Waals surface area contributed by atoms with Crippen molar-refractivity contribution in [2.45, 2.75) is 0 Å². The van der Waals surface area contributed by atoms with Crippen molar-refractivity contribution < 1.29 is 5.11 Å².